The van der Waals surface area contributed by atoms with E-state index in [2.05, 4.69) is 5.32 Å². The first-order valence-corrected chi connectivity index (χ1v) is 7.30. The van der Waals surface area contributed by atoms with Crippen LogP contribution in [0.4, 0.5) is 0 Å². The second kappa shape index (κ2) is 7.49. The number of para-hydroxylation sites is 1. The highest BCUT2D eigenvalue weighted by atomic mass is 35.5. The number of aliphatic hydroxyl groups is 1. The molecule has 6 heteroatoms. The van der Waals surface area contributed by atoms with E-state index in [0.29, 0.717) is 21.4 Å². The smallest absolute Gasteiger partial charge is 0.253 e. The summed E-state index contributed by atoms with van der Waals surface area (Å²) in [6.45, 7) is 0.244. The van der Waals surface area contributed by atoms with Crippen LogP contribution in [0.25, 0.3) is 0 Å². The topological polar surface area (TPSA) is 58.6 Å². The van der Waals surface area contributed by atoms with Crippen molar-refractivity contribution in [3.05, 3.63) is 63.6 Å². The second-order valence-electron chi connectivity index (χ2n) is 4.63. The van der Waals surface area contributed by atoms with Crippen LogP contribution in [0, 0.1) is 0 Å². The molecule has 1 atom stereocenters. The van der Waals surface area contributed by atoms with E-state index in [1.54, 1.807) is 13.2 Å². The summed E-state index contributed by atoms with van der Waals surface area (Å²) >= 11 is 11.7. The van der Waals surface area contributed by atoms with E-state index in [1.807, 2.05) is 18.2 Å². The van der Waals surface area contributed by atoms with Crippen molar-refractivity contribution in [2.75, 3.05) is 7.11 Å². The van der Waals surface area contributed by atoms with Crippen LogP contribution in [0.15, 0.2) is 42.5 Å². The Balaban J connectivity index is 2.05. The van der Waals surface area contributed by atoms with Gasteiger partial charge in [-0.1, -0.05) is 41.4 Å². The summed E-state index contributed by atoms with van der Waals surface area (Å²) in [5, 5.41) is 13.5. The second-order valence-corrected chi connectivity index (χ2v) is 5.51. The predicted octanol–water partition coefficient (Wildman–Crippen LogP) is 3.35. The molecule has 0 bridgehead atoms. The van der Waals surface area contributed by atoms with Gasteiger partial charge in [0.15, 0.2) is 6.10 Å². The minimum Gasteiger partial charge on any atom is -0.496 e. The highest BCUT2D eigenvalue weighted by Gasteiger charge is 2.18. The summed E-state index contributed by atoms with van der Waals surface area (Å²) in [4.78, 5) is 12.1. The van der Waals surface area contributed by atoms with Crippen LogP contribution in [0.2, 0.25) is 10.0 Å². The summed E-state index contributed by atoms with van der Waals surface area (Å²) in [5.74, 6) is 0.132. The molecule has 1 unspecified atom stereocenters. The number of benzene rings is 2. The third-order valence-electron chi connectivity index (χ3n) is 3.09. The summed E-state index contributed by atoms with van der Waals surface area (Å²) < 4.78 is 5.21. The van der Waals surface area contributed by atoms with Crippen molar-refractivity contribution >= 4 is 29.1 Å². The molecule has 0 aliphatic heterocycles. The number of nitrogens with one attached hydrogen (secondary N) is 1. The molecule has 0 heterocycles. The summed E-state index contributed by atoms with van der Waals surface area (Å²) in [7, 11) is 1.56. The fourth-order valence-corrected chi connectivity index (χ4v) is 2.56. The van der Waals surface area contributed by atoms with Crippen molar-refractivity contribution in [1.29, 1.82) is 0 Å². The van der Waals surface area contributed by atoms with Crippen LogP contribution in [-0.4, -0.2) is 18.1 Å². The zero-order valence-electron chi connectivity index (χ0n) is 11.8. The van der Waals surface area contributed by atoms with Gasteiger partial charge in [0, 0.05) is 22.2 Å². The number of carbonyl (C=O) groups is 1. The molecule has 0 saturated carbocycles. The maximum absolute atomic E-state index is 12.1. The highest BCUT2D eigenvalue weighted by Crippen LogP contribution is 2.24. The Bertz CT molecular complexity index is 656. The number of carbonyl (C=O) groups excluding carboxylic acids is 1. The predicted molar refractivity (Wildman–Crippen MR) is 86.3 cm³/mol. The van der Waals surface area contributed by atoms with Gasteiger partial charge in [-0.15, -0.1) is 0 Å². The van der Waals surface area contributed by atoms with Crippen LogP contribution < -0.4 is 10.1 Å². The molecule has 0 fully saturated rings. The Labute approximate surface area is 138 Å². The van der Waals surface area contributed by atoms with E-state index >= 15 is 0 Å². The lowest BCUT2D eigenvalue weighted by molar-refractivity contribution is -0.129. The Morgan fingerprint density at radius 2 is 1.86 bits per heavy atom. The minimum absolute atomic E-state index is 0.244. The first kappa shape index (κ1) is 16.6. The van der Waals surface area contributed by atoms with Gasteiger partial charge in [0.05, 0.1) is 7.11 Å². The molecule has 0 saturated heterocycles. The molecule has 4 nitrogen and oxygen atoms in total. The number of rotatable bonds is 5. The fraction of sp³-hybridized carbons (Fsp3) is 0.188. The molecular formula is C16H15Cl2NO3. The standard InChI is InChI=1S/C16H15Cl2NO3/c1-22-14-5-3-2-4-10(14)9-19-16(21)15(20)11-6-12(17)8-13(18)7-11/h2-8,15,20H,9H2,1H3,(H,19,21). The largest absolute Gasteiger partial charge is 0.496 e. The molecule has 116 valence electrons. The number of aliphatic hydroxyl groups excluding tert-OH is 1. The molecule has 0 aliphatic carbocycles. The van der Waals surface area contributed by atoms with Crippen LogP contribution in [0.5, 0.6) is 5.75 Å². The molecular weight excluding hydrogens is 325 g/mol. The maximum Gasteiger partial charge on any atom is 0.253 e. The van der Waals surface area contributed by atoms with Gasteiger partial charge >= 0.3 is 0 Å². The van der Waals surface area contributed by atoms with Gasteiger partial charge in [-0.05, 0) is 29.8 Å². The normalized spacial score (nSPS) is 11.8. The number of hydrogen-bond acceptors (Lipinski definition) is 3. The van der Waals surface area contributed by atoms with Crippen LogP contribution in [0.1, 0.15) is 17.2 Å². The summed E-state index contributed by atoms with van der Waals surface area (Å²) in [6, 6.07) is 11.9. The summed E-state index contributed by atoms with van der Waals surface area (Å²) in [5.41, 5.74) is 1.16. The van der Waals surface area contributed by atoms with Crippen molar-refractivity contribution in [1.82, 2.24) is 5.32 Å². The molecule has 2 N–H and O–H groups in total. The fourth-order valence-electron chi connectivity index (χ4n) is 2.01. The molecule has 2 aromatic carbocycles. The van der Waals surface area contributed by atoms with Gasteiger partial charge in [-0.25, -0.2) is 0 Å². The number of halogens is 2. The van der Waals surface area contributed by atoms with E-state index in [4.69, 9.17) is 27.9 Å². The lowest BCUT2D eigenvalue weighted by atomic mass is 10.1. The molecule has 2 aromatic rings. The quantitative estimate of drug-likeness (QED) is 0.878. The third kappa shape index (κ3) is 4.13. The SMILES string of the molecule is COc1ccccc1CNC(=O)C(O)c1cc(Cl)cc(Cl)c1. The molecule has 0 radical (unpaired) electrons. The van der Waals surface area contributed by atoms with E-state index in [-0.39, 0.29) is 6.54 Å². The van der Waals surface area contributed by atoms with Gasteiger partial charge in [0.1, 0.15) is 5.75 Å². The zero-order valence-corrected chi connectivity index (χ0v) is 13.4. The van der Waals surface area contributed by atoms with Gasteiger partial charge in [-0.3, -0.25) is 4.79 Å². The lowest BCUT2D eigenvalue weighted by Crippen LogP contribution is -2.29. The maximum atomic E-state index is 12.1. The van der Waals surface area contributed by atoms with E-state index < -0.39 is 12.0 Å². The zero-order chi connectivity index (χ0) is 16.1. The lowest BCUT2D eigenvalue weighted by Gasteiger charge is -2.14. The monoisotopic (exact) mass is 339 g/mol. The first-order chi connectivity index (χ1) is 10.5. The van der Waals surface area contributed by atoms with Crippen molar-refractivity contribution in [3.8, 4) is 5.75 Å². The minimum atomic E-state index is -1.34. The van der Waals surface area contributed by atoms with Crippen LogP contribution in [0.3, 0.4) is 0 Å². The number of amides is 1. The van der Waals surface area contributed by atoms with Crippen molar-refractivity contribution < 1.29 is 14.6 Å². The van der Waals surface area contributed by atoms with E-state index in [1.165, 1.54) is 18.2 Å². The van der Waals surface area contributed by atoms with Crippen molar-refractivity contribution in [3.63, 3.8) is 0 Å². The van der Waals surface area contributed by atoms with Crippen LogP contribution in [-0.2, 0) is 11.3 Å². The van der Waals surface area contributed by atoms with E-state index in [0.717, 1.165) is 5.56 Å². The van der Waals surface area contributed by atoms with Gasteiger partial charge in [0.2, 0.25) is 0 Å². The van der Waals surface area contributed by atoms with Crippen LogP contribution >= 0.6 is 23.2 Å². The number of hydrogen-bond donors (Lipinski definition) is 2. The average Bonchev–Trinajstić information content (AvgIpc) is 2.51. The third-order valence-corrected chi connectivity index (χ3v) is 3.53. The average molecular weight is 340 g/mol. The Kier molecular flexibility index (Phi) is 5.66. The Morgan fingerprint density at radius 1 is 1.23 bits per heavy atom. The molecule has 0 aromatic heterocycles. The highest BCUT2D eigenvalue weighted by molar-refractivity contribution is 6.34. The molecule has 22 heavy (non-hydrogen) atoms. The van der Waals surface area contributed by atoms with Gasteiger partial charge < -0.3 is 15.2 Å². The van der Waals surface area contributed by atoms with Gasteiger partial charge in [0.25, 0.3) is 5.91 Å². The molecule has 0 aliphatic rings. The Hall–Kier alpha value is -1.75. The summed E-state index contributed by atoms with van der Waals surface area (Å²) in [6.07, 6.45) is -1.34. The van der Waals surface area contributed by atoms with Crippen molar-refractivity contribution in [2.45, 2.75) is 12.6 Å². The number of ether oxygens (including phenoxy) is 1. The molecule has 0 spiro atoms. The molecule has 2 rings (SSSR count). The first-order valence-electron chi connectivity index (χ1n) is 6.55. The van der Waals surface area contributed by atoms with E-state index in [9.17, 15) is 9.90 Å². The molecule has 1 amide bonds. The Morgan fingerprint density at radius 3 is 2.50 bits per heavy atom. The van der Waals surface area contributed by atoms with Crippen molar-refractivity contribution in [2.24, 2.45) is 0 Å². The van der Waals surface area contributed by atoms with Gasteiger partial charge in [-0.2, -0.15) is 0 Å². The number of methoxy groups -OCH3 is 1.